The van der Waals surface area contributed by atoms with Gasteiger partial charge in [0, 0.05) is 79.6 Å². The Bertz CT molecular complexity index is 4940. The van der Waals surface area contributed by atoms with E-state index in [-0.39, 0.29) is 75.3 Å². The fourth-order valence-electron chi connectivity index (χ4n) is 11.9. The van der Waals surface area contributed by atoms with Gasteiger partial charge < -0.3 is 77.1 Å². The van der Waals surface area contributed by atoms with E-state index in [0.717, 1.165) is 87.6 Å². The number of anilines is 3. The van der Waals surface area contributed by atoms with Crippen molar-refractivity contribution < 1.29 is 70.0 Å². The Labute approximate surface area is 733 Å². The molecule has 0 bridgehead atoms. The van der Waals surface area contributed by atoms with Gasteiger partial charge in [0.2, 0.25) is 9.23 Å². The number of nitrogens with one attached hydrogen (secondary N) is 5. The van der Waals surface area contributed by atoms with E-state index >= 15 is 0 Å². The number of aryl methyl sites for hydroxylation is 3. The van der Waals surface area contributed by atoms with Gasteiger partial charge in [-0.05, 0) is 203 Å². The molecule has 119 heavy (non-hydrogen) atoms. The fraction of sp³-hybridized carbons (Fsp3) is 0.247. The second kappa shape index (κ2) is 52.7. The molecular weight excluding hydrogens is 1570 g/mol. The van der Waals surface area contributed by atoms with Crippen LogP contribution in [0.4, 0.5) is 22.7 Å². The molecule has 0 aliphatic carbocycles. The van der Waals surface area contributed by atoms with Crippen LogP contribution in [0.15, 0.2) is 255 Å². The van der Waals surface area contributed by atoms with Crippen LogP contribution in [-0.2, 0) is 22.3 Å². The minimum atomic E-state index is -1.67. The largest absolute Gasteiger partial charge is 1.00 e. The first-order chi connectivity index (χ1) is 56.3. The Balaban J connectivity index is 0.000000342. The van der Waals surface area contributed by atoms with E-state index in [2.05, 4.69) is 68.1 Å². The normalized spacial score (nSPS) is 12.0. The van der Waals surface area contributed by atoms with Crippen LogP contribution < -0.4 is 84.8 Å². The number of aromatic nitrogens is 6. The van der Waals surface area contributed by atoms with Gasteiger partial charge in [0.15, 0.2) is 5.69 Å². The molecule has 0 saturated carbocycles. The standard InChI is InChI=1S/2C28H31N5O2.C25H20N4O2.C5H14N2.C3H9NO.B.Cl2OS.Na.H/c2*1-19-14-26(33(32-19)25-13-6-8-21(15-25)17-29)28(35)31-24-12-7-11-23(16-24)27(30-18-20(2)34)22-9-4-3-5-10-22;1-17-14-23(29(28-17)22-13-7-11-20(16-22)26-2)25(31)27-21-12-6-10-19(15-21)24(30)18-8-4-3-5-9-18;6-4-2-1-3-5-7;1-3(5)2-4;;1-4(2)3;;/h2*3-16,20,27,30,34H,17-18,29H2,1-2H3,(H,31,35);3-16,24,30H,1H3,(H,27,31);1-7H2;3,5H,2,4H2,1H3;;;;/q;;;;;;;+1;-1. The maximum Gasteiger partial charge on any atom is 1.00 e. The number of nitrogens with two attached hydrogens (primary N) is 5. The van der Waals surface area contributed by atoms with Gasteiger partial charge >= 0.3 is 29.6 Å². The van der Waals surface area contributed by atoms with Crippen LogP contribution in [-0.4, -0.2) is 131 Å². The van der Waals surface area contributed by atoms with Crippen LogP contribution in [0.3, 0.4) is 0 Å². The van der Waals surface area contributed by atoms with Gasteiger partial charge in [0.1, 0.15) is 23.2 Å². The zero-order valence-electron chi connectivity index (χ0n) is 69.0. The van der Waals surface area contributed by atoms with Crippen molar-refractivity contribution in [3.05, 3.63) is 345 Å². The summed E-state index contributed by atoms with van der Waals surface area (Å²) in [5.74, 6) is -0.844. The van der Waals surface area contributed by atoms with Crippen molar-refractivity contribution >= 4 is 79.5 Å². The van der Waals surface area contributed by atoms with Crippen LogP contribution in [0, 0.1) is 27.3 Å². The van der Waals surface area contributed by atoms with Crippen molar-refractivity contribution in [1.29, 1.82) is 0 Å². The van der Waals surface area contributed by atoms with Crippen molar-refractivity contribution in [3.63, 3.8) is 0 Å². The van der Waals surface area contributed by atoms with Crippen molar-refractivity contribution in [1.82, 2.24) is 40.0 Å². The molecule has 0 aliphatic heterocycles. The van der Waals surface area contributed by atoms with Crippen LogP contribution in [0.1, 0.15) is 153 Å². The number of unbranched alkanes of at least 4 members (excludes halogenated alkanes) is 2. The predicted molar refractivity (Wildman–Crippen MR) is 476 cm³/mol. The molecule has 3 radical (unpaired) electrons. The summed E-state index contributed by atoms with van der Waals surface area (Å²) in [4.78, 5) is 43.1. The SMILES string of the molecule is CC(O)CN.Cc1cc(C(=O)Nc2cccc(C(NCC(C)O)c3ccccc3)c2)n(-c2cccc(CN)c2)n1.Cc1cc(C(=O)Nc2cccc(C(NCC(C)O)c3ccccc3)c2)n(-c2cccc(CN)c2)n1.NCCCCCN.O=S(Cl)Cl.[B].[C-]#[N+]c1cccc(-n2nc(C)cc2C(=O)Nc2cccc(C(O)c3ccccc3)c2)c1.[H-].[Na+]. The Hall–Kier alpha value is -10.1. The first-order valence-corrected chi connectivity index (χ1v) is 40.8. The maximum absolute atomic E-state index is 13.3. The number of hydrogen-bond acceptors (Lipinski definition) is 18. The second-order valence-corrected chi connectivity index (χ2v) is 29.8. The number of carbonyl (C=O) groups is 3. The molecule has 12 aromatic rings. The summed E-state index contributed by atoms with van der Waals surface area (Å²) in [6, 6.07) is 79.3. The van der Waals surface area contributed by atoms with E-state index in [9.17, 15) is 29.7 Å². The summed E-state index contributed by atoms with van der Waals surface area (Å²) in [6.45, 7) is 21.6. The Morgan fingerprint density at radius 2 is 0.748 bits per heavy atom. The van der Waals surface area contributed by atoms with Gasteiger partial charge in [0.25, 0.3) is 17.7 Å². The third-order valence-electron chi connectivity index (χ3n) is 17.5. The van der Waals surface area contributed by atoms with Crippen molar-refractivity contribution in [2.45, 2.75) is 110 Å². The maximum atomic E-state index is 13.3. The summed E-state index contributed by atoms with van der Waals surface area (Å²) in [7, 11) is 7.36. The van der Waals surface area contributed by atoms with Crippen molar-refractivity contribution in [2.24, 2.45) is 28.7 Å². The van der Waals surface area contributed by atoms with E-state index < -0.39 is 27.5 Å². The molecule has 0 fully saturated rings. The quantitative estimate of drug-likeness (QED) is 0.00938. The third-order valence-corrected chi connectivity index (χ3v) is 17.5. The van der Waals surface area contributed by atoms with E-state index in [1.165, 1.54) is 11.1 Å². The van der Waals surface area contributed by atoms with Gasteiger partial charge in [-0.1, -0.05) is 170 Å². The molecule has 9 aromatic carbocycles. The topological polar surface area (TPSA) is 397 Å². The molecule has 0 saturated heterocycles. The van der Waals surface area contributed by atoms with Gasteiger partial charge in [-0.3, -0.25) is 14.4 Å². The summed E-state index contributed by atoms with van der Waals surface area (Å²) < 4.78 is 13.9. The number of aliphatic hydroxyl groups excluding tert-OH is 4. The smallest absolute Gasteiger partial charge is 1.00 e. The molecule has 619 valence electrons. The van der Waals surface area contributed by atoms with Gasteiger partial charge in [-0.2, -0.15) is 15.3 Å². The van der Waals surface area contributed by atoms with Crippen LogP contribution in [0.25, 0.3) is 21.9 Å². The first kappa shape index (κ1) is 99.4. The summed E-state index contributed by atoms with van der Waals surface area (Å²) in [5.41, 5.74) is 42.5. The molecule has 3 aromatic heterocycles. The molecule has 19 N–H and O–H groups in total. The monoisotopic (exact) mass is 1680 g/mol. The zero-order valence-corrected chi connectivity index (χ0v) is 72.3. The number of benzene rings is 9. The van der Waals surface area contributed by atoms with Gasteiger partial charge in [-0.15, -0.1) is 0 Å². The summed E-state index contributed by atoms with van der Waals surface area (Å²) in [6.07, 6.45) is 1.34. The number of halogens is 2. The number of amides is 3. The Morgan fingerprint density at radius 3 is 1.08 bits per heavy atom. The van der Waals surface area contributed by atoms with Crippen LogP contribution in [0.5, 0.6) is 0 Å². The third kappa shape index (κ3) is 32.8. The van der Waals surface area contributed by atoms with Crippen LogP contribution >= 0.6 is 21.4 Å². The average Bonchev–Trinajstić information content (AvgIpc) is 1.65. The molecular formula is C89H106BCl2N17NaO8S. The van der Waals surface area contributed by atoms with Crippen molar-refractivity contribution in [2.75, 3.05) is 48.7 Å². The van der Waals surface area contributed by atoms with Crippen LogP contribution in [0.2, 0.25) is 0 Å². The molecule has 3 amide bonds. The number of carbonyl (C=O) groups excluding carboxylic acids is 3. The van der Waals surface area contributed by atoms with Gasteiger partial charge in [0.05, 0.1) is 71.1 Å². The van der Waals surface area contributed by atoms with Crippen molar-refractivity contribution in [3.8, 4) is 17.1 Å². The molecule has 0 spiro atoms. The van der Waals surface area contributed by atoms with Gasteiger partial charge in [-0.25, -0.2) is 23.1 Å². The number of nitrogens with zero attached hydrogens (tertiary/aromatic N) is 7. The fourth-order valence-corrected chi connectivity index (χ4v) is 11.9. The molecule has 30 heteroatoms. The number of hydrogen-bond donors (Lipinski definition) is 14. The first-order valence-electron chi connectivity index (χ1n) is 38.0. The molecule has 25 nitrogen and oxygen atoms in total. The summed E-state index contributed by atoms with van der Waals surface area (Å²) in [5, 5.41) is 67.8. The average molecular weight is 1680 g/mol. The molecule has 6 unspecified atom stereocenters. The minimum absolute atomic E-state index is 0. The second-order valence-electron chi connectivity index (χ2n) is 27.3. The Morgan fingerprint density at radius 1 is 0.437 bits per heavy atom. The Kier molecular flexibility index (Phi) is 44.0. The molecule has 3 heterocycles. The van der Waals surface area contributed by atoms with E-state index in [4.69, 9.17) is 44.6 Å². The van der Waals surface area contributed by atoms with E-state index in [0.29, 0.717) is 89.5 Å². The van der Waals surface area contributed by atoms with E-state index in [1.807, 2.05) is 215 Å². The number of rotatable bonds is 28. The summed E-state index contributed by atoms with van der Waals surface area (Å²) >= 11 is 0. The molecule has 6 atom stereocenters. The minimum Gasteiger partial charge on any atom is -1.00 e. The molecule has 0 aliphatic rings. The molecule has 12 rings (SSSR count). The number of aliphatic hydroxyl groups is 4. The van der Waals surface area contributed by atoms with E-state index in [1.54, 1.807) is 90.8 Å². The zero-order chi connectivity index (χ0) is 84.8. The predicted octanol–water partition coefficient (Wildman–Crippen LogP) is 10.1.